The van der Waals surface area contributed by atoms with Gasteiger partial charge in [0.2, 0.25) is 5.91 Å². The van der Waals surface area contributed by atoms with Gasteiger partial charge < -0.3 is 24.8 Å². The predicted molar refractivity (Wildman–Crippen MR) is 124 cm³/mol. The number of benzene rings is 2. The van der Waals surface area contributed by atoms with Crippen LogP contribution in [0.25, 0.3) is 0 Å². The lowest BCUT2D eigenvalue weighted by Gasteiger charge is -2.27. The third-order valence-electron chi connectivity index (χ3n) is 5.54. The number of amides is 2. The van der Waals surface area contributed by atoms with Gasteiger partial charge in [0, 0.05) is 38.0 Å². The largest absolute Gasteiger partial charge is 0.497 e. The molecule has 35 heavy (non-hydrogen) atoms. The van der Waals surface area contributed by atoms with Gasteiger partial charge >= 0.3 is 0 Å². The van der Waals surface area contributed by atoms with Gasteiger partial charge in [-0.05, 0) is 29.8 Å². The molecule has 2 N–H and O–H groups in total. The monoisotopic (exact) mass is 473 g/mol. The van der Waals surface area contributed by atoms with Gasteiger partial charge in [0.05, 0.1) is 24.8 Å². The Bertz CT molecular complexity index is 1240. The second-order valence-electron chi connectivity index (χ2n) is 7.87. The lowest BCUT2D eigenvalue weighted by Crippen LogP contribution is -2.59. The molecular formula is C25H23N5O5. The molecule has 3 aromatic rings. The Hall–Kier alpha value is -4.49. The van der Waals surface area contributed by atoms with Gasteiger partial charge in [0.1, 0.15) is 35.2 Å². The number of nitrogens with one attached hydrogen (secondary N) is 2. The first-order chi connectivity index (χ1) is 17.0. The zero-order chi connectivity index (χ0) is 24.7. The summed E-state index contributed by atoms with van der Waals surface area (Å²) in [6.45, 7) is 0.687. The number of nitriles is 1. The minimum Gasteiger partial charge on any atom is -0.497 e. The molecule has 1 aliphatic heterocycles. The van der Waals surface area contributed by atoms with Crippen molar-refractivity contribution in [3.63, 3.8) is 0 Å². The van der Waals surface area contributed by atoms with E-state index >= 15 is 0 Å². The van der Waals surface area contributed by atoms with Crippen molar-refractivity contribution in [2.75, 3.05) is 20.3 Å². The summed E-state index contributed by atoms with van der Waals surface area (Å²) in [7, 11) is 1.53. The SMILES string of the molecule is COc1ccc(Oc2ccc(CNC(=O)C3(NC(=O)c4cncnc4)CCOC3)cc2)c(C#N)c1. The van der Waals surface area contributed by atoms with Crippen LogP contribution in [0.2, 0.25) is 0 Å². The quantitative estimate of drug-likeness (QED) is 0.509. The number of hydrogen-bond donors (Lipinski definition) is 2. The van der Waals surface area contributed by atoms with E-state index in [0.29, 0.717) is 35.8 Å². The maximum atomic E-state index is 13.0. The van der Waals surface area contributed by atoms with Crippen LogP contribution >= 0.6 is 0 Å². The van der Waals surface area contributed by atoms with Crippen LogP contribution in [0.1, 0.15) is 27.9 Å². The fourth-order valence-corrected chi connectivity index (χ4v) is 3.57. The maximum absolute atomic E-state index is 13.0. The number of nitrogens with zero attached hydrogens (tertiary/aromatic N) is 3. The van der Waals surface area contributed by atoms with Gasteiger partial charge in [-0.3, -0.25) is 9.59 Å². The molecule has 0 aliphatic carbocycles. The van der Waals surface area contributed by atoms with Crippen molar-refractivity contribution in [3.05, 3.63) is 77.9 Å². The molecule has 1 fully saturated rings. The highest BCUT2D eigenvalue weighted by Gasteiger charge is 2.43. The van der Waals surface area contributed by atoms with Gasteiger partial charge in [-0.1, -0.05) is 12.1 Å². The van der Waals surface area contributed by atoms with Crippen molar-refractivity contribution >= 4 is 11.8 Å². The Morgan fingerprint density at radius 2 is 1.89 bits per heavy atom. The first-order valence-corrected chi connectivity index (χ1v) is 10.8. The van der Waals surface area contributed by atoms with Gasteiger partial charge in [0.25, 0.3) is 5.91 Å². The molecule has 1 aromatic heterocycles. The van der Waals surface area contributed by atoms with Crippen molar-refractivity contribution in [3.8, 4) is 23.3 Å². The van der Waals surface area contributed by atoms with Gasteiger partial charge in [-0.2, -0.15) is 5.26 Å². The molecule has 0 saturated carbocycles. The van der Waals surface area contributed by atoms with Crippen LogP contribution in [-0.2, 0) is 16.1 Å². The first kappa shape index (κ1) is 23.7. The molecule has 4 rings (SSSR count). The van der Waals surface area contributed by atoms with Crippen LogP contribution in [0.4, 0.5) is 0 Å². The van der Waals surface area contributed by atoms with Crippen LogP contribution < -0.4 is 20.1 Å². The van der Waals surface area contributed by atoms with E-state index < -0.39 is 11.4 Å². The number of methoxy groups -OCH3 is 1. The summed E-state index contributed by atoms with van der Waals surface area (Å²) in [5.74, 6) is 0.746. The standard InChI is InChI=1S/C25H23N5O5/c1-33-21-6-7-22(18(10-21)11-26)35-20-4-2-17(3-5-20)12-29-24(32)25(8-9-34-15-25)30-23(31)19-13-27-16-28-14-19/h2-7,10,13-14,16H,8-9,12,15H2,1H3,(H,29,32)(H,30,31). The van der Waals surface area contributed by atoms with Crippen molar-refractivity contribution in [2.24, 2.45) is 0 Å². The second-order valence-corrected chi connectivity index (χ2v) is 7.87. The lowest BCUT2D eigenvalue weighted by atomic mass is 9.96. The summed E-state index contributed by atoms with van der Waals surface area (Å²) < 4.78 is 16.4. The normalized spacial score (nSPS) is 16.7. The molecule has 10 nitrogen and oxygen atoms in total. The fourth-order valence-electron chi connectivity index (χ4n) is 3.57. The van der Waals surface area contributed by atoms with E-state index in [1.807, 2.05) is 12.1 Å². The Kier molecular flexibility index (Phi) is 7.18. The summed E-state index contributed by atoms with van der Waals surface area (Å²) in [6.07, 6.45) is 4.46. The minimum atomic E-state index is -1.17. The minimum absolute atomic E-state index is 0.0775. The smallest absolute Gasteiger partial charge is 0.255 e. The number of hydrogen-bond acceptors (Lipinski definition) is 8. The zero-order valence-electron chi connectivity index (χ0n) is 19.0. The van der Waals surface area contributed by atoms with Crippen LogP contribution in [0.5, 0.6) is 17.2 Å². The highest BCUT2D eigenvalue weighted by molar-refractivity contribution is 5.99. The molecule has 0 radical (unpaired) electrons. The van der Waals surface area contributed by atoms with E-state index in [1.165, 1.54) is 25.8 Å². The third kappa shape index (κ3) is 5.54. The molecule has 1 aliphatic rings. The summed E-state index contributed by atoms with van der Waals surface area (Å²) in [4.78, 5) is 33.3. The lowest BCUT2D eigenvalue weighted by molar-refractivity contribution is -0.127. The molecule has 0 spiro atoms. The predicted octanol–water partition coefficient (Wildman–Crippen LogP) is 2.35. The Balaban J connectivity index is 1.38. The molecule has 2 heterocycles. The Labute approximate surface area is 201 Å². The third-order valence-corrected chi connectivity index (χ3v) is 5.54. The molecule has 0 bridgehead atoms. The van der Waals surface area contributed by atoms with E-state index in [1.54, 1.807) is 30.3 Å². The summed E-state index contributed by atoms with van der Waals surface area (Å²) in [5, 5.41) is 15.0. The van der Waals surface area contributed by atoms with E-state index in [-0.39, 0.29) is 24.6 Å². The maximum Gasteiger partial charge on any atom is 0.255 e. The van der Waals surface area contributed by atoms with E-state index in [2.05, 4.69) is 26.7 Å². The van der Waals surface area contributed by atoms with Crippen LogP contribution in [0.15, 0.2) is 61.2 Å². The number of rotatable bonds is 8. The molecule has 1 saturated heterocycles. The van der Waals surface area contributed by atoms with E-state index in [4.69, 9.17) is 14.2 Å². The average molecular weight is 473 g/mol. The topological polar surface area (TPSA) is 135 Å². The van der Waals surface area contributed by atoms with Gasteiger partial charge in [-0.15, -0.1) is 0 Å². The molecular weight excluding hydrogens is 450 g/mol. The molecule has 1 unspecified atom stereocenters. The summed E-state index contributed by atoms with van der Waals surface area (Å²) in [5.41, 5.74) is 0.281. The van der Waals surface area contributed by atoms with Crippen LogP contribution in [-0.4, -0.2) is 47.6 Å². The van der Waals surface area contributed by atoms with Crippen LogP contribution in [0.3, 0.4) is 0 Å². The zero-order valence-corrected chi connectivity index (χ0v) is 19.0. The summed E-state index contributed by atoms with van der Waals surface area (Å²) in [6, 6.07) is 14.2. The Morgan fingerprint density at radius 3 is 2.54 bits per heavy atom. The highest BCUT2D eigenvalue weighted by atomic mass is 16.5. The van der Waals surface area contributed by atoms with Crippen molar-refractivity contribution < 1.29 is 23.8 Å². The fraction of sp³-hybridized carbons (Fsp3) is 0.240. The molecule has 1 atom stereocenters. The van der Waals surface area contributed by atoms with Crippen molar-refractivity contribution in [1.29, 1.82) is 5.26 Å². The van der Waals surface area contributed by atoms with Crippen LogP contribution in [0, 0.1) is 11.3 Å². The molecule has 10 heteroatoms. The number of carbonyl (C=O) groups excluding carboxylic acids is 2. The van der Waals surface area contributed by atoms with Crippen molar-refractivity contribution in [1.82, 2.24) is 20.6 Å². The van der Waals surface area contributed by atoms with E-state index in [9.17, 15) is 14.9 Å². The molecule has 2 aromatic carbocycles. The summed E-state index contributed by atoms with van der Waals surface area (Å²) >= 11 is 0. The average Bonchev–Trinajstić information content (AvgIpc) is 3.38. The van der Waals surface area contributed by atoms with Crippen molar-refractivity contribution in [2.45, 2.75) is 18.5 Å². The van der Waals surface area contributed by atoms with Gasteiger partial charge in [0.15, 0.2) is 0 Å². The number of aromatic nitrogens is 2. The molecule has 178 valence electrons. The Morgan fingerprint density at radius 1 is 1.14 bits per heavy atom. The van der Waals surface area contributed by atoms with E-state index in [0.717, 1.165) is 5.56 Å². The highest BCUT2D eigenvalue weighted by Crippen LogP contribution is 2.28. The first-order valence-electron chi connectivity index (χ1n) is 10.8. The van der Waals surface area contributed by atoms with Gasteiger partial charge in [-0.25, -0.2) is 9.97 Å². The molecule has 2 amide bonds. The number of ether oxygens (including phenoxy) is 3. The number of carbonyl (C=O) groups is 2. The second kappa shape index (κ2) is 10.6.